The average molecular weight is 356 g/mol. The van der Waals surface area contributed by atoms with Crippen LogP contribution in [0.1, 0.15) is 44.9 Å². The largest absolute Gasteiger partial charge is 0.344 e. The van der Waals surface area contributed by atoms with Crippen LogP contribution in [0.25, 0.3) is 10.2 Å². The van der Waals surface area contributed by atoms with Gasteiger partial charge in [-0.15, -0.1) is 11.3 Å². The Kier molecular flexibility index (Phi) is 3.88. The molecule has 3 fully saturated rings. The van der Waals surface area contributed by atoms with Crippen molar-refractivity contribution in [3.8, 4) is 0 Å². The van der Waals surface area contributed by atoms with Gasteiger partial charge in [-0.25, -0.2) is 9.97 Å². The van der Waals surface area contributed by atoms with Crippen molar-refractivity contribution in [2.24, 2.45) is 5.92 Å². The van der Waals surface area contributed by atoms with Gasteiger partial charge in [-0.3, -0.25) is 4.79 Å². The molecule has 1 saturated carbocycles. The van der Waals surface area contributed by atoms with E-state index in [2.05, 4.69) is 31.2 Å². The zero-order valence-corrected chi connectivity index (χ0v) is 15.2. The first kappa shape index (κ1) is 15.6. The van der Waals surface area contributed by atoms with Gasteiger partial charge in [0.05, 0.1) is 5.39 Å². The van der Waals surface area contributed by atoms with Gasteiger partial charge in [0.15, 0.2) is 0 Å². The zero-order chi connectivity index (χ0) is 16.8. The summed E-state index contributed by atoms with van der Waals surface area (Å²) < 4.78 is 0. The van der Waals surface area contributed by atoms with Crippen LogP contribution in [0, 0.1) is 5.92 Å². The van der Waals surface area contributed by atoms with Crippen molar-refractivity contribution in [1.29, 1.82) is 0 Å². The lowest BCUT2D eigenvalue weighted by Crippen LogP contribution is -2.62. The highest BCUT2D eigenvalue weighted by atomic mass is 32.1. The van der Waals surface area contributed by atoms with Crippen molar-refractivity contribution < 1.29 is 4.79 Å². The molecule has 0 N–H and O–H groups in total. The quantitative estimate of drug-likeness (QED) is 0.827. The minimum Gasteiger partial charge on any atom is -0.344 e. The maximum atomic E-state index is 13.3. The predicted molar refractivity (Wildman–Crippen MR) is 99.9 cm³/mol. The number of aromatic nitrogens is 2. The summed E-state index contributed by atoms with van der Waals surface area (Å²) in [5.74, 6) is 2.03. The molecule has 2 aromatic heterocycles. The van der Waals surface area contributed by atoms with E-state index in [0.717, 1.165) is 47.9 Å². The van der Waals surface area contributed by atoms with Crippen molar-refractivity contribution in [2.45, 2.75) is 57.0 Å². The summed E-state index contributed by atoms with van der Waals surface area (Å²) in [7, 11) is 0. The maximum absolute atomic E-state index is 13.3. The third-order valence-electron chi connectivity index (χ3n) is 6.28. The minimum atomic E-state index is -0.0396. The Labute approximate surface area is 152 Å². The van der Waals surface area contributed by atoms with Gasteiger partial charge in [0, 0.05) is 19.1 Å². The summed E-state index contributed by atoms with van der Waals surface area (Å²) in [6, 6.07) is 2.55. The van der Waals surface area contributed by atoms with E-state index in [-0.39, 0.29) is 6.04 Å². The maximum Gasteiger partial charge on any atom is 0.245 e. The van der Waals surface area contributed by atoms with Gasteiger partial charge in [0.2, 0.25) is 5.91 Å². The smallest absolute Gasteiger partial charge is 0.245 e. The molecular formula is C19H24N4OS. The van der Waals surface area contributed by atoms with E-state index in [0.29, 0.717) is 11.9 Å². The van der Waals surface area contributed by atoms with Gasteiger partial charge >= 0.3 is 0 Å². The van der Waals surface area contributed by atoms with Gasteiger partial charge in [-0.05, 0) is 43.0 Å². The van der Waals surface area contributed by atoms with Crippen LogP contribution in [0.2, 0.25) is 0 Å². The number of likely N-dealkylation sites (tertiary alicyclic amines) is 1. The molecule has 2 aliphatic heterocycles. The Morgan fingerprint density at radius 1 is 1.12 bits per heavy atom. The van der Waals surface area contributed by atoms with E-state index >= 15 is 0 Å². The molecule has 4 heterocycles. The Morgan fingerprint density at radius 3 is 3.00 bits per heavy atom. The first-order valence-electron chi connectivity index (χ1n) is 9.58. The molecule has 1 aliphatic carbocycles. The molecule has 3 aliphatic rings. The number of fused-ring (bicyclic) bond motifs is 2. The third kappa shape index (κ3) is 2.53. The van der Waals surface area contributed by atoms with Crippen LogP contribution in [0.3, 0.4) is 0 Å². The topological polar surface area (TPSA) is 49.3 Å². The Morgan fingerprint density at radius 2 is 2.04 bits per heavy atom. The highest BCUT2D eigenvalue weighted by molar-refractivity contribution is 7.16. The number of thiophene rings is 1. The number of nitrogens with zero attached hydrogens (tertiary/aromatic N) is 4. The fourth-order valence-corrected chi connectivity index (χ4v) is 5.69. The van der Waals surface area contributed by atoms with Crippen molar-refractivity contribution in [3.05, 3.63) is 17.8 Å². The van der Waals surface area contributed by atoms with Crippen LogP contribution in [-0.4, -0.2) is 45.9 Å². The zero-order valence-electron chi connectivity index (χ0n) is 14.4. The van der Waals surface area contributed by atoms with Gasteiger partial charge in [0.1, 0.15) is 23.0 Å². The van der Waals surface area contributed by atoms with Gasteiger partial charge in [0.25, 0.3) is 0 Å². The standard InChI is InChI=1S/C19H24N4OS/c24-19(23-11-13-5-2-1-3-6-15(13)23)16-7-4-9-22(16)17-14-8-10-25-18(14)21-12-20-17/h8,10,12-13,15-16H,1-7,9,11H2/t13-,15+,16-/m0/s1. The Bertz CT molecular complexity index is 791. The van der Waals surface area contributed by atoms with Crippen LogP contribution in [0.5, 0.6) is 0 Å². The summed E-state index contributed by atoms with van der Waals surface area (Å²) in [6.45, 7) is 1.89. The molecule has 0 bridgehead atoms. The van der Waals surface area contributed by atoms with E-state index < -0.39 is 0 Å². The lowest BCUT2D eigenvalue weighted by molar-refractivity contribution is -0.145. The number of hydrogen-bond donors (Lipinski definition) is 0. The minimum absolute atomic E-state index is 0.0396. The van der Waals surface area contributed by atoms with Crippen molar-refractivity contribution in [2.75, 3.05) is 18.0 Å². The molecule has 25 heavy (non-hydrogen) atoms. The van der Waals surface area contributed by atoms with E-state index in [1.807, 2.05) is 0 Å². The molecule has 2 aromatic rings. The second-order valence-electron chi connectivity index (χ2n) is 7.64. The average Bonchev–Trinajstić information content (AvgIpc) is 3.24. The molecule has 2 saturated heterocycles. The van der Waals surface area contributed by atoms with Crippen LogP contribution < -0.4 is 4.90 Å². The van der Waals surface area contributed by atoms with Crippen LogP contribution in [0.15, 0.2) is 17.8 Å². The lowest BCUT2D eigenvalue weighted by atomic mass is 9.84. The summed E-state index contributed by atoms with van der Waals surface area (Å²) in [5.41, 5.74) is 0. The molecule has 6 heteroatoms. The fraction of sp³-hybridized carbons (Fsp3) is 0.632. The highest BCUT2D eigenvalue weighted by Gasteiger charge is 2.46. The number of hydrogen-bond acceptors (Lipinski definition) is 5. The first-order chi connectivity index (χ1) is 12.3. The van der Waals surface area contributed by atoms with Crippen LogP contribution in [-0.2, 0) is 4.79 Å². The van der Waals surface area contributed by atoms with Crippen LogP contribution >= 0.6 is 11.3 Å². The molecule has 1 amide bonds. The molecule has 0 spiro atoms. The monoisotopic (exact) mass is 356 g/mol. The SMILES string of the molecule is O=C([C@@H]1CCCN1c1ncnc2sccc12)N1C[C@@H]2CCCCC[C@H]21. The van der Waals surface area contributed by atoms with Crippen LogP contribution in [0.4, 0.5) is 5.82 Å². The van der Waals surface area contributed by atoms with Gasteiger partial charge in [-0.1, -0.05) is 19.3 Å². The number of anilines is 1. The third-order valence-corrected chi connectivity index (χ3v) is 7.10. The van der Waals surface area contributed by atoms with Crippen molar-refractivity contribution in [1.82, 2.24) is 14.9 Å². The predicted octanol–water partition coefficient (Wildman–Crippen LogP) is 3.45. The molecule has 0 unspecified atom stereocenters. The number of carbonyl (C=O) groups is 1. The fourth-order valence-electron chi connectivity index (χ4n) is 4.97. The lowest BCUT2D eigenvalue weighted by Gasteiger charge is -2.49. The second kappa shape index (κ2) is 6.24. The Balaban J connectivity index is 1.40. The number of carbonyl (C=O) groups excluding carboxylic acids is 1. The summed E-state index contributed by atoms with van der Waals surface area (Å²) in [5, 5.41) is 3.14. The number of rotatable bonds is 2. The molecular weight excluding hydrogens is 332 g/mol. The number of amides is 1. The summed E-state index contributed by atoms with van der Waals surface area (Å²) in [6.07, 6.45) is 10.1. The molecule has 132 valence electrons. The second-order valence-corrected chi connectivity index (χ2v) is 8.54. The van der Waals surface area contributed by atoms with Crippen molar-refractivity contribution >= 4 is 33.3 Å². The van der Waals surface area contributed by atoms with E-state index in [9.17, 15) is 4.79 Å². The van der Waals surface area contributed by atoms with Gasteiger partial charge < -0.3 is 9.80 Å². The molecule has 3 atom stereocenters. The van der Waals surface area contributed by atoms with Crippen molar-refractivity contribution in [3.63, 3.8) is 0 Å². The first-order valence-corrected chi connectivity index (χ1v) is 10.5. The molecule has 5 rings (SSSR count). The molecule has 0 aromatic carbocycles. The van der Waals surface area contributed by atoms with E-state index in [1.54, 1.807) is 17.7 Å². The molecule has 0 radical (unpaired) electrons. The molecule has 5 nitrogen and oxygen atoms in total. The normalized spacial score (nSPS) is 29.4. The summed E-state index contributed by atoms with van der Waals surface area (Å²) >= 11 is 1.64. The van der Waals surface area contributed by atoms with Gasteiger partial charge in [-0.2, -0.15) is 0 Å². The Hall–Kier alpha value is -1.69. The summed E-state index contributed by atoms with van der Waals surface area (Å²) in [4.78, 5) is 27.6. The highest BCUT2D eigenvalue weighted by Crippen LogP contribution is 2.39. The van der Waals surface area contributed by atoms with E-state index in [1.165, 1.54) is 32.1 Å². The van der Waals surface area contributed by atoms with E-state index in [4.69, 9.17) is 0 Å².